The minimum Gasteiger partial charge on any atom is -0.550 e. The molecule has 0 aliphatic carbocycles. The van der Waals surface area contributed by atoms with Gasteiger partial charge in [-0.3, -0.25) is 4.79 Å². The number of hydrogen-bond acceptors (Lipinski definition) is 5. The summed E-state index contributed by atoms with van der Waals surface area (Å²) in [6.45, 7) is 0. The second-order valence-corrected chi connectivity index (χ2v) is 6.10. The molecule has 0 saturated heterocycles. The average molecular weight is 377 g/mol. The Morgan fingerprint density at radius 1 is 1.12 bits per heavy atom. The third-order valence-electron chi connectivity index (χ3n) is 3.84. The summed E-state index contributed by atoms with van der Waals surface area (Å²) in [7, 11) is 2.98. The maximum Gasteiger partial charge on any atom is 0.228 e. The summed E-state index contributed by atoms with van der Waals surface area (Å²) in [6.07, 6.45) is -0.163. The fourth-order valence-electron chi connectivity index (χ4n) is 2.51. The Balaban J connectivity index is 2.21. The number of carboxylic acid groups (broad SMARTS) is 1. The molecule has 26 heavy (non-hydrogen) atoms. The quantitative estimate of drug-likeness (QED) is 0.763. The van der Waals surface area contributed by atoms with Gasteiger partial charge in [-0.2, -0.15) is 0 Å². The van der Waals surface area contributed by atoms with E-state index in [0.29, 0.717) is 22.2 Å². The van der Waals surface area contributed by atoms with Crippen LogP contribution in [0.4, 0.5) is 5.69 Å². The molecule has 1 N–H and O–H groups in total. The zero-order chi connectivity index (χ0) is 19.1. The second-order valence-electron chi connectivity index (χ2n) is 5.66. The van der Waals surface area contributed by atoms with Gasteiger partial charge in [-0.25, -0.2) is 0 Å². The molecule has 1 amide bonds. The number of rotatable bonds is 8. The summed E-state index contributed by atoms with van der Waals surface area (Å²) in [4.78, 5) is 23.7. The van der Waals surface area contributed by atoms with Gasteiger partial charge in [0.1, 0.15) is 11.5 Å². The maximum absolute atomic E-state index is 12.7. The van der Waals surface area contributed by atoms with Gasteiger partial charge in [-0.05, 0) is 42.7 Å². The summed E-state index contributed by atoms with van der Waals surface area (Å²) in [5, 5.41) is 14.4. The first-order valence-electron chi connectivity index (χ1n) is 7.90. The van der Waals surface area contributed by atoms with Crippen LogP contribution in [0.25, 0.3) is 0 Å². The minimum absolute atomic E-state index is 0.239. The molecule has 0 fully saturated rings. The van der Waals surface area contributed by atoms with Gasteiger partial charge in [0, 0.05) is 23.0 Å². The van der Waals surface area contributed by atoms with E-state index in [1.54, 1.807) is 42.5 Å². The first-order valence-corrected chi connectivity index (χ1v) is 8.28. The number of carboxylic acids is 1. The van der Waals surface area contributed by atoms with Crippen LogP contribution in [0.15, 0.2) is 42.5 Å². The summed E-state index contributed by atoms with van der Waals surface area (Å²) in [5.41, 5.74) is 1.20. The van der Waals surface area contributed by atoms with Gasteiger partial charge in [0.25, 0.3) is 0 Å². The van der Waals surface area contributed by atoms with Crippen molar-refractivity contribution in [2.24, 2.45) is 5.92 Å². The maximum atomic E-state index is 12.7. The lowest BCUT2D eigenvalue weighted by Gasteiger charge is -2.19. The molecule has 0 radical (unpaired) electrons. The van der Waals surface area contributed by atoms with Gasteiger partial charge in [0.2, 0.25) is 5.91 Å². The molecule has 1 atom stereocenters. The highest BCUT2D eigenvalue weighted by Crippen LogP contribution is 2.29. The van der Waals surface area contributed by atoms with Crippen LogP contribution in [0, 0.1) is 5.92 Å². The normalized spacial score (nSPS) is 11.5. The number of benzene rings is 2. The molecule has 7 heteroatoms. The fourth-order valence-corrected chi connectivity index (χ4v) is 2.64. The first-order chi connectivity index (χ1) is 12.4. The van der Waals surface area contributed by atoms with Gasteiger partial charge >= 0.3 is 0 Å². The van der Waals surface area contributed by atoms with Gasteiger partial charge in [-0.1, -0.05) is 23.7 Å². The number of hydrogen-bond donors (Lipinski definition) is 1. The monoisotopic (exact) mass is 376 g/mol. The third-order valence-corrected chi connectivity index (χ3v) is 4.10. The van der Waals surface area contributed by atoms with Crippen molar-refractivity contribution in [2.45, 2.75) is 12.8 Å². The second kappa shape index (κ2) is 9.10. The Morgan fingerprint density at radius 2 is 1.81 bits per heavy atom. The van der Waals surface area contributed by atoms with Crippen molar-refractivity contribution < 1.29 is 24.2 Å². The lowest BCUT2D eigenvalue weighted by atomic mass is 9.95. The predicted octanol–water partition coefficient (Wildman–Crippen LogP) is 2.29. The molecule has 2 aromatic carbocycles. The Bertz CT molecular complexity index is 776. The lowest BCUT2D eigenvalue weighted by Crippen LogP contribution is -2.32. The fraction of sp³-hybridized carbons (Fsp3) is 0.263. The summed E-state index contributed by atoms with van der Waals surface area (Å²) in [5.74, 6) is -1.57. The van der Waals surface area contributed by atoms with E-state index in [1.807, 2.05) is 0 Å². The number of methoxy groups -OCH3 is 2. The molecule has 0 aliphatic rings. The van der Waals surface area contributed by atoms with E-state index in [2.05, 4.69) is 5.32 Å². The van der Waals surface area contributed by atoms with Crippen LogP contribution in [-0.2, 0) is 16.0 Å². The van der Waals surface area contributed by atoms with E-state index >= 15 is 0 Å². The number of halogens is 1. The number of ether oxygens (including phenoxy) is 2. The predicted molar refractivity (Wildman–Crippen MR) is 96.4 cm³/mol. The zero-order valence-corrected chi connectivity index (χ0v) is 15.2. The van der Waals surface area contributed by atoms with Crippen molar-refractivity contribution in [3.63, 3.8) is 0 Å². The largest absolute Gasteiger partial charge is 0.550 e. The number of amides is 1. The Hall–Kier alpha value is -2.73. The van der Waals surface area contributed by atoms with Crippen molar-refractivity contribution in [1.29, 1.82) is 0 Å². The number of anilines is 1. The van der Waals surface area contributed by atoms with E-state index in [0.717, 1.165) is 5.56 Å². The lowest BCUT2D eigenvalue weighted by molar-refractivity contribution is -0.306. The molecule has 2 aromatic rings. The molecule has 0 bridgehead atoms. The van der Waals surface area contributed by atoms with Crippen LogP contribution in [0.3, 0.4) is 0 Å². The van der Waals surface area contributed by atoms with Crippen LogP contribution >= 0.6 is 11.6 Å². The van der Waals surface area contributed by atoms with E-state index < -0.39 is 24.2 Å². The van der Waals surface area contributed by atoms with Gasteiger partial charge < -0.3 is 24.7 Å². The van der Waals surface area contributed by atoms with Gasteiger partial charge in [0.05, 0.1) is 19.9 Å². The molecule has 6 nitrogen and oxygen atoms in total. The van der Waals surface area contributed by atoms with Crippen molar-refractivity contribution in [2.75, 3.05) is 19.5 Å². The number of nitrogens with one attached hydrogen (secondary N) is 1. The third kappa shape index (κ3) is 5.39. The molecule has 0 aromatic heterocycles. The molecule has 0 unspecified atom stereocenters. The smallest absolute Gasteiger partial charge is 0.228 e. The van der Waals surface area contributed by atoms with Crippen molar-refractivity contribution >= 4 is 29.2 Å². The van der Waals surface area contributed by atoms with Crippen LogP contribution in [0.1, 0.15) is 12.0 Å². The first kappa shape index (κ1) is 19.6. The van der Waals surface area contributed by atoms with E-state index in [-0.39, 0.29) is 6.42 Å². The van der Waals surface area contributed by atoms with E-state index in [1.165, 1.54) is 14.2 Å². The minimum atomic E-state index is -1.29. The highest BCUT2D eigenvalue weighted by atomic mass is 35.5. The summed E-state index contributed by atoms with van der Waals surface area (Å²) >= 11 is 5.86. The molecule has 2 rings (SSSR count). The SMILES string of the molecule is COc1ccc(OC)c(NC(=O)[C@@H](CC(=O)[O-])Cc2ccc(Cl)cc2)c1. The van der Waals surface area contributed by atoms with Crippen molar-refractivity contribution in [1.82, 2.24) is 0 Å². The Kier molecular flexibility index (Phi) is 6.86. The molecule has 0 saturated carbocycles. The van der Waals surface area contributed by atoms with Crippen LogP contribution in [0.5, 0.6) is 11.5 Å². The van der Waals surface area contributed by atoms with E-state index in [4.69, 9.17) is 21.1 Å². The summed E-state index contributed by atoms with van der Waals surface area (Å²) < 4.78 is 10.4. The Labute approximate surface area is 156 Å². The number of aliphatic carboxylic acids is 1. The molecule has 0 spiro atoms. The highest BCUT2D eigenvalue weighted by Gasteiger charge is 2.21. The van der Waals surface area contributed by atoms with Crippen LogP contribution in [-0.4, -0.2) is 26.1 Å². The molecule has 138 valence electrons. The topological polar surface area (TPSA) is 87.7 Å². The Morgan fingerprint density at radius 3 is 2.38 bits per heavy atom. The van der Waals surface area contributed by atoms with Crippen LogP contribution in [0.2, 0.25) is 5.02 Å². The molecule has 0 heterocycles. The number of carbonyl (C=O) groups excluding carboxylic acids is 2. The standard InChI is InChI=1S/C19H20ClNO5/c1-25-15-7-8-17(26-2)16(11-15)21-19(24)13(10-18(22)23)9-12-3-5-14(20)6-4-12/h3-8,11,13H,9-10H2,1-2H3,(H,21,24)(H,22,23)/p-1/t13-/m1/s1. The van der Waals surface area contributed by atoms with Crippen molar-refractivity contribution in [3.05, 3.63) is 53.1 Å². The number of carbonyl (C=O) groups is 2. The molecular formula is C19H19ClNO5-. The average Bonchev–Trinajstić information content (AvgIpc) is 2.62. The van der Waals surface area contributed by atoms with E-state index in [9.17, 15) is 14.7 Å². The molecule has 0 aliphatic heterocycles. The van der Waals surface area contributed by atoms with Gasteiger partial charge in [-0.15, -0.1) is 0 Å². The van der Waals surface area contributed by atoms with Gasteiger partial charge in [0.15, 0.2) is 0 Å². The van der Waals surface area contributed by atoms with Crippen molar-refractivity contribution in [3.8, 4) is 11.5 Å². The zero-order valence-electron chi connectivity index (χ0n) is 14.5. The molecular weight excluding hydrogens is 358 g/mol. The summed E-state index contributed by atoms with van der Waals surface area (Å²) in [6, 6.07) is 11.8. The van der Waals surface area contributed by atoms with Crippen LogP contribution < -0.4 is 19.9 Å². The highest BCUT2D eigenvalue weighted by molar-refractivity contribution is 6.30.